The van der Waals surface area contributed by atoms with E-state index < -0.39 is 29.0 Å². The zero-order chi connectivity index (χ0) is 41.2. The average Bonchev–Trinajstić information content (AvgIpc) is 3.71. The number of aromatic hydroxyl groups is 2. The van der Waals surface area contributed by atoms with Gasteiger partial charge in [0.2, 0.25) is 6.79 Å². The Labute approximate surface area is 342 Å². The molecular weight excluding hydrogens is 767 g/mol. The second kappa shape index (κ2) is 15.4. The number of carbonyl (C=O) groups excluding carboxylic acids is 2. The van der Waals surface area contributed by atoms with Crippen molar-refractivity contribution in [3.05, 3.63) is 75.4 Å². The number of esters is 1. The predicted molar refractivity (Wildman–Crippen MR) is 216 cm³/mol. The highest BCUT2D eigenvalue weighted by Gasteiger charge is 2.59. The molecule has 10 rings (SSSR count). The fourth-order valence-corrected chi connectivity index (χ4v) is 11.7. The van der Waals surface area contributed by atoms with Gasteiger partial charge in [-0.05, 0) is 68.1 Å². The molecule has 0 amide bonds. The maximum absolute atomic E-state index is 14.7. The molecule has 7 aliphatic heterocycles. The van der Waals surface area contributed by atoms with E-state index >= 15 is 0 Å². The Morgan fingerprint density at radius 1 is 1.05 bits per heavy atom. The molecule has 58 heavy (non-hydrogen) atoms. The van der Waals surface area contributed by atoms with Gasteiger partial charge in [-0.3, -0.25) is 15.1 Å². The van der Waals surface area contributed by atoms with Crippen LogP contribution in [0.4, 0.5) is 4.79 Å². The molecule has 3 aromatic carbocycles. The van der Waals surface area contributed by atoms with E-state index in [0.717, 1.165) is 27.8 Å². The molecule has 0 saturated carbocycles. The number of carbonyl (C=O) groups is 2. The predicted octanol–water partition coefficient (Wildman–Crippen LogP) is 5.90. The highest BCUT2D eigenvalue weighted by Crippen LogP contribution is 2.64. The molecule has 0 radical (unpaired) electrons. The van der Waals surface area contributed by atoms with E-state index in [0.29, 0.717) is 59.9 Å². The molecule has 15 heteroatoms. The van der Waals surface area contributed by atoms with E-state index in [1.165, 1.54) is 24.9 Å². The Morgan fingerprint density at radius 3 is 2.57 bits per heavy atom. The number of hydrogen-bond donors (Lipinski definition) is 3. The maximum atomic E-state index is 14.7. The number of likely N-dealkylation sites (N-methyl/N-ethyl adjacent to an activating group) is 1. The molecule has 3 N–H and O–H groups in total. The largest absolute Gasteiger partial charge is 0.514 e. The molecule has 0 aromatic heterocycles. The molecule has 5 unspecified atom stereocenters. The first kappa shape index (κ1) is 40.0. The van der Waals surface area contributed by atoms with Gasteiger partial charge < -0.3 is 43.4 Å². The lowest BCUT2D eigenvalue weighted by Gasteiger charge is -2.60. The molecule has 6 atom stereocenters. The van der Waals surface area contributed by atoms with Crippen molar-refractivity contribution in [1.29, 1.82) is 0 Å². The van der Waals surface area contributed by atoms with Crippen LogP contribution in [-0.4, -0.2) is 104 Å². The molecule has 4 bridgehead atoms. The Balaban J connectivity index is 0.00000231. The van der Waals surface area contributed by atoms with Gasteiger partial charge in [0.05, 0.1) is 31.6 Å². The van der Waals surface area contributed by atoms with Crippen molar-refractivity contribution < 1.29 is 53.0 Å². The molecule has 2 fully saturated rings. The van der Waals surface area contributed by atoms with Gasteiger partial charge in [-0.1, -0.05) is 32.6 Å². The molecule has 310 valence electrons. The minimum Gasteiger partial charge on any atom is -0.504 e. The zero-order valence-corrected chi connectivity index (χ0v) is 34.7. The number of piperazine rings is 1. The van der Waals surface area contributed by atoms with Crippen LogP contribution in [0.25, 0.3) is 0 Å². The van der Waals surface area contributed by atoms with Crippen LogP contribution in [0.3, 0.4) is 0 Å². The fourth-order valence-electron chi connectivity index (χ4n) is 10.0. The van der Waals surface area contributed by atoms with Gasteiger partial charge in [0.25, 0.3) is 0 Å². The van der Waals surface area contributed by atoms with E-state index in [1.54, 1.807) is 19.2 Å². The van der Waals surface area contributed by atoms with Crippen LogP contribution in [0.5, 0.6) is 40.2 Å². The second-order valence-electron chi connectivity index (χ2n) is 15.2. The molecule has 0 aliphatic carbocycles. The number of phenols is 2. The van der Waals surface area contributed by atoms with Crippen molar-refractivity contribution in [2.24, 2.45) is 0 Å². The summed E-state index contributed by atoms with van der Waals surface area (Å²) in [5.41, 5.74) is 4.84. The first-order chi connectivity index (χ1) is 28.0. The molecule has 14 nitrogen and oxygen atoms in total. The lowest BCUT2D eigenvalue weighted by Crippen LogP contribution is -2.65. The summed E-state index contributed by atoms with van der Waals surface area (Å²) in [4.78, 5) is 32.8. The van der Waals surface area contributed by atoms with Crippen LogP contribution in [-0.2, 0) is 32.6 Å². The number of benzene rings is 3. The third-order valence-corrected chi connectivity index (χ3v) is 13.9. The van der Waals surface area contributed by atoms with E-state index in [2.05, 4.69) is 34.8 Å². The topological polar surface area (TPSA) is 158 Å². The van der Waals surface area contributed by atoms with Crippen LogP contribution >= 0.6 is 11.8 Å². The highest BCUT2D eigenvalue weighted by atomic mass is 32.2. The summed E-state index contributed by atoms with van der Waals surface area (Å²) in [6, 6.07) is 4.27. The number of nitrogens with one attached hydrogen (secondary N) is 1. The number of thioether (sulfide) groups is 1. The highest BCUT2D eigenvalue weighted by molar-refractivity contribution is 7.99. The average molecular weight is 818 g/mol. The molecule has 2 saturated heterocycles. The Kier molecular flexibility index (Phi) is 10.6. The first-order valence-electron chi connectivity index (χ1n) is 19.8. The SMILES string of the molecule is C=CCOC(=O)Oc1c(C)c2c(c3c1C1SC[C@]4(NCCc5cc(O)c(OC)cc54)C(=O)OCC3N3CC4Cc5cc(C)c(OC)c(O)c5C(C13)N4C)OCO2.CC. The Bertz CT molecular complexity index is 2180. The summed E-state index contributed by atoms with van der Waals surface area (Å²) >= 11 is 1.54. The van der Waals surface area contributed by atoms with Crippen LogP contribution in [0.1, 0.15) is 75.7 Å². The second-order valence-corrected chi connectivity index (χ2v) is 16.3. The van der Waals surface area contributed by atoms with E-state index in [4.69, 9.17) is 33.2 Å². The van der Waals surface area contributed by atoms with Crippen molar-refractivity contribution in [1.82, 2.24) is 15.1 Å². The fraction of sp³-hybridized carbons (Fsp3) is 0.488. The quantitative estimate of drug-likeness (QED) is 0.159. The summed E-state index contributed by atoms with van der Waals surface area (Å²) in [5.74, 6) is 1.76. The minimum atomic E-state index is -1.33. The molecular formula is C43H51N3O11S. The van der Waals surface area contributed by atoms with Gasteiger partial charge in [-0.25, -0.2) is 9.59 Å². The number of nitrogens with zero attached hydrogens (tertiary/aromatic N) is 2. The summed E-state index contributed by atoms with van der Waals surface area (Å²) in [6.45, 7) is 12.4. The normalized spacial score (nSPS) is 26.5. The summed E-state index contributed by atoms with van der Waals surface area (Å²) < 4.78 is 41.6. The first-order valence-corrected chi connectivity index (χ1v) is 20.8. The zero-order valence-electron chi connectivity index (χ0n) is 33.9. The standard InChI is InChI=1S/C41H45N3O11S.C2H6/c1-7-10-51-40(48)55-35-20(3)36-37(54-18-53-36)29-25-16-52-39(47)41(24-14-27(49-5)26(45)13-21(24)8-9-42-41)17-56-38(30(29)35)32-31-28-22(11-19(2)34(50-6)33(28)46)12-23(43(31)4)15-44(25)32;1-2/h7,11,13-14,23,25,31-32,38,42,45-46H,1,8-10,12,15-18H2,2-6H3;1-2H3/t23?,25?,31?,32?,38?,41-;/m1./s1. The van der Waals surface area contributed by atoms with Crippen LogP contribution in [0.2, 0.25) is 0 Å². The van der Waals surface area contributed by atoms with Crippen LogP contribution in [0.15, 0.2) is 30.9 Å². The Morgan fingerprint density at radius 2 is 1.83 bits per heavy atom. The number of methoxy groups -OCH3 is 2. The van der Waals surface area contributed by atoms with Crippen molar-refractivity contribution in [2.75, 3.05) is 60.1 Å². The molecule has 7 heterocycles. The van der Waals surface area contributed by atoms with Crippen molar-refractivity contribution in [3.63, 3.8) is 0 Å². The van der Waals surface area contributed by atoms with Crippen molar-refractivity contribution in [2.45, 2.75) is 75.5 Å². The summed E-state index contributed by atoms with van der Waals surface area (Å²) in [6.07, 6.45) is 1.84. The van der Waals surface area contributed by atoms with Gasteiger partial charge in [0.15, 0.2) is 40.0 Å². The molecule has 1 spiro atoms. The van der Waals surface area contributed by atoms with Gasteiger partial charge in [-0.15, -0.1) is 11.8 Å². The van der Waals surface area contributed by atoms with Gasteiger partial charge in [0, 0.05) is 53.2 Å². The number of ether oxygens (including phenoxy) is 7. The molecule has 7 aliphatic rings. The number of rotatable bonds is 5. The Hall–Kier alpha value is -4.83. The van der Waals surface area contributed by atoms with Gasteiger partial charge in [0.1, 0.15) is 19.0 Å². The van der Waals surface area contributed by atoms with Crippen molar-refractivity contribution in [3.8, 4) is 40.2 Å². The van der Waals surface area contributed by atoms with E-state index in [1.807, 2.05) is 27.7 Å². The molecule has 3 aromatic rings. The lowest BCUT2D eigenvalue weighted by atomic mass is 9.73. The van der Waals surface area contributed by atoms with Gasteiger partial charge >= 0.3 is 12.1 Å². The van der Waals surface area contributed by atoms with Crippen molar-refractivity contribution >= 4 is 23.9 Å². The monoisotopic (exact) mass is 817 g/mol. The van der Waals surface area contributed by atoms with E-state index in [9.17, 15) is 19.8 Å². The number of fused-ring (bicyclic) bond motifs is 9. The van der Waals surface area contributed by atoms with Gasteiger partial charge in [-0.2, -0.15) is 0 Å². The number of phenolic OH excluding ortho intramolecular Hbond substituents is 2. The maximum Gasteiger partial charge on any atom is 0.514 e. The number of aryl methyl sites for hydroxylation is 1. The summed E-state index contributed by atoms with van der Waals surface area (Å²) in [5, 5.41) is 25.9. The minimum absolute atomic E-state index is 0.00859. The third kappa shape index (κ3) is 5.95. The van der Waals surface area contributed by atoms with Crippen LogP contribution < -0.4 is 29.0 Å². The number of hydrogen-bond acceptors (Lipinski definition) is 15. The van der Waals surface area contributed by atoms with E-state index in [-0.39, 0.29) is 66.9 Å². The third-order valence-electron chi connectivity index (χ3n) is 12.5. The van der Waals surface area contributed by atoms with Crippen LogP contribution in [0, 0.1) is 13.8 Å². The lowest BCUT2D eigenvalue weighted by molar-refractivity contribution is -0.156. The smallest absolute Gasteiger partial charge is 0.504 e. The summed E-state index contributed by atoms with van der Waals surface area (Å²) in [7, 11) is 5.13.